The maximum Gasteiger partial charge on any atom is 0.410 e. The van der Waals surface area contributed by atoms with E-state index in [9.17, 15) is 4.79 Å². The fourth-order valence-electron chi connectivity index (χ4n) is 2.70. The van der Waals surface area contributed by atoms with Gasteiger partial charge in [-0.15, -0.1) is 0 Å². The highest BCUT2D eigenvalue weighted by atomic mass is 16.6. The summed E-state index contributed by atoms with van der Waals surface area (Å²) in [6.45, 7) is 8.46. The molecule has 22 heavy (non-hydrogen) atoms. The highest BCUT2D eigenvalue weighted by molar-refractivity contribution is 5.68. The molecule has 0 atom stereocenters. The lowest BCUT2D eigenvalue weighted by molar-refractivity contribution is 0.0285. The fourth-order valence-corrected chi connectivity index (χ4v) is 2.70. The second-order valence-electron chi connectivity index (χ2n) is 7.41. The molecule has 1 amide bonds. The number of hydrogen-bond donors (Lipinski definition) is 1. The average molecular weight is 304 g/mol. The van der Waals surface area contributed by atoms with Crippen LogP contribution in [0.1, 0.15) is 46.1 Å². The van der Waals surface area contributed by atoms with Crippen LogP contribution in [0.5, 0.6) is 0 Å². The number of para-hydroxylation sites is 1. The molecule has 0 radical (unpaired) electrons. The van der Waals surface area contributed by atoms with Crippen molar-refractivity contribution in [3.05, 3.63) is 29.8 Å². The number of anilines is 1. The number of rotatable bonds is 4. The minimum atomic E-state index is -0.467. The van der Waals surface area contributed by atoms with Crippen LogP contribution in [0, 0.1) is 5.92 Å². The average Bonchev–Trinajstić information content (AvgIpc) is 2.37. The molecule has 0 aliphatic heterocycles. The molecule has 0 bridgehead atoms. The molecule has 122 valence electrons. The van der Waals surface area contributed by atoms with Gasteiger partial charge in [0.1, 0.15) is 5.60 Å². The summed E-state index contributed by atoms with van der Waals surface area (Å²) in [5.41, 5.74) is 1.77. The van der Waals surface area contributed by atoms with Crippen LogP contribution >= 0.6 is 0 Å². The molecular weight excluding hydrogens is 276 g/mol. The first-order valence-electron chi connectivity index (χ1n) is 8.03. The maximum absolute atomic E-state index is 12.1. The van der Waals surface area contributed by atoms with E-state index in [1.807, 2.05) is 32.9 Å². The van der Waals surface area contributed by atoms with Crippen molar-refractivity contribution in [3.63, 3.8) is 0 Å². The molecule has 1 aliphatic carbocycles. The van der Waals surface area contributed by atoms with Crippen molar-refractivity contribution in [2.24, 2.45) is 5.92 Å². The van der Waals surface area contributed by atoms with E-state index in [2.05, 4.69) is 24.4 Å². The predicted molar refractivity (Wildman–Crippen MR) is 90.0 cm³/mol. The van der Waals surface area contributed by atoms with Gasteiger partial charge in [0, 0.05) is 18.8 Å². The molecular formula is C18H28N2O2. The summed E-state index contributed by atoms with van der Waals surface area (Å²) in [4.78, 5) is 13.7. The van der Waals surface area contributed by atoms with Crippen molar-refractivity contribution in [1.29, 1.82) is 0 Å². The second-order valence-corrected chi connectivity index (χ2v) is 7.41. The number of nitrogens with zero attached hydrogens (tertiary/aromatic N) is 1. The Morgan fingerprint density at radius 1 is 1.32 bits per heavy atom. The third-order valence-corrected chi connectivity index (χ3v) is 3.86. The van der Waals surface area contributed by atoms with Gasteiger partial charge in [-0.1, -0.05) is 25.1 Å². The van der Waals surface area contributed by atoms with E-state index in [0.717, 1.165) is 17.2 Å². The van der Waals surface area contributed by atoms with Gasteiger partial charge in [-0.3, -0.25) is 0 Å². The third kappa shape index (κ3) is 4.65. The number of hydrogen-bond acceptors (Lipinski definition) is 3. The molecule has 0 saturated heterocycles. The third-order valence-electron chi connectivity index (χ3n) is 3.86. The van der Waals surface area contributed by atoms with Crippen molar-refractivity contribution in [2.75, 3.05) is 12.4 Å². The Hall–Kier alpha value is -1.71. The maximum atomic E-state index is 12.1. The van der Waals surface area contributed by atoms with Crippen molar-refractivity contribution in [2.45, 2.75) is 58.7 Å². The summed E-state index contributed by atoms with van der Waals surface area (Å²) in [6.07, 6.45) is 2.14. The molecule has 2 rings (SSSR count). The van der Waals surface area contributed by atoms with Crippen molar-refractivity contribution >= 4 is 11.8 Å². The van der Waals surface area contributed by atoms with Gasteiger partial charge >= 0.3 is 6.09 Å². The first-order valence-corrected chi connectivity index (χ1v) is 8.03. The Morgan fingerprint density at radius 3 is 2.55 bits per heavy atom. The van der Waals surface area contributed by atoms with E-state index in [4.69, 9.17) is 4.74 Å². The highest BCUT2D eigenvalue weighted by Crippen LogP contribution is 2.30. The predicted octanol–water partition coefficient (Wildman–Crippen LogP) is 4.26. The number of carbonyl (C=O) groups is 1. The van der Waals surface area contributed by atoms with Gasteiger partial charge in [-0.05, 0) is 51.2 Å². The minimum absolute atomic E-state index is 0.292. The van der Waals surface area contributed by atoms with Gasteiger partial charge in [0.25, 0.3) is 0 Å². The smallest absolute Gasteiger partial charge is 0.410 e. The Morgan fingerprint density at radius 2 is 1.95 bits per heavy atom. The molecule has 4 heteroatoms. The summed E-state index contributed by atoms with van der Waals surface area (Å²) in [5.74, 6) is 0.814. The minimum Gasteiger partial charge on any atom is -0.444 e. The lowest BCUT2D eigenvalue weighted by Gasteiger charge is -2.35. The van der Waals surface area contributed by atoms with E-state index >= 15 is 0 Å². The molecule has 0 aromatic heterocycles. The molecule has 1 fully saturated rings. The summed E-state index contributed by atoms with van der Waals surface area (Å²) >= 11 is 0. The van der Waals surface area contributed by atoms with E-state index in [1.54, 1.807) is 11.9 Å². The molecule has 1 saturated carbocycles. The largest absolute Gasteiger partial charge is 0.444 e. The van der Waals surface area contributed by atoms with E-state index in [1.165, 1.54) is 12.8 Å². The monoisotopic (exact) mass is 304 g/mol. The number of nitrogens with one attached hydrogen (secondary N) is 1. The molecule has 1 aromatic carbocycles. The van der Waals surface area contributed by atoms with Gasteiger partial charge in [-0.25, -0.2) is 4.79 Å². The molecule has 1 N–H and O–H groups in total. The number of ether oxygens (including phenoxy) is 1. The quantitative estimate of drug-likeness (QED) is 0.903. The van der Waals surface area contributed by atoms with Crippen LogP contribution in [0.3, 0.4) is 0 Å². The summed E-state index contributed by atoms with van der Waals surface area (Å²) in [5, 5.41) is 3.59. The lowest BCUT2D eigenvalue weighted by atomic mass is 9.81. The SMILES string of the molecule is CC1CC(Nc2ccccc2CN(C)C(=O)OC(C)(C)C)C1. The standard InChI is InChI=1S/C18H28N2O2/c1-13-10-15(11-13)19-16-9-7-6-8-14(16)12-20(5)17(21)22-18(2,3)4/h6-9,13,15,19H,10-12H2,1-5H3. The van der Waals surface area contributed by atoms with E-state index in [0.29, 0.717) is 12.6 Å². The van der Waals surface area contributed by atoms with Crippen LogP contribution in [-0.2, 0) is 11.3 Å². The Balaban J connectivity index is 1.98. The zero-order valence-electron chi connectivity index (χ0n) is 14.3. The van der Waals surface area contributed by atoms with Crippen LogP contribution < -0.4 is 5.32 Å². The van der Waals surface area contributed by atoms with Crippen LogP contribution in [0.4, 0.5) is 10.5 Å². The van der Waals surface area contributed by atoms with Gasteiger partial charge in [0.2, 0.25) is 0 Å². The highest BCUT2D eigenvalue weighted by Gasteiger charge is 2.26. The van der Waals surface area contributed by atoms with Crippen molar-refractivity contribution < 1.29 is 9.53 Å². The van der Waals surface area contributed by atoms with Crippen LogP contribution in [0.15, 0.2) is 24.3 Å². The first-order chi connectivity index (χ1) is 10.2. The van der Waals surface area contributed by atoms with Gasteiger partial charge in [-0.2, -0.15) is 0 Å². The normalized spacial score (nSPS) is 21.0. The molecule has 4 nitrogen and oxygen atoms in total. The number of benzene rings is 1. The molecule has 0 spiro atoms. The molecule has 0 heterocycles. The van der Waals surface area contributed by atoms with E-state index < -0.39 is 5.60 Å². The molecule has 1 aliphatic rings. The Bertz CT molecular complexity index is 516. The van der Waals surface area contributed by atoms with Gasteiger partial charge < -0.3 is 15.0 Å². The Labute approximate surface area is 133 Å². The summed E-state index contributed by atoms with van der Waals surface area (Å²) in [6, 6.07) is 8.74. The summed E-state index contributed by atoms with van der Waals surface area (Å²) < 4.78 is 5.41. The molecule has 0 unspecified atom stereocenters. The van der Waals surface area contributed by atoms with Crippen molar-refractivity contribution in [1.82, 2.24) is 4.90 Å². The zero-order chi connectivity index (χ0) is 16.3. The Kier molecular flexibility index (Phi) is 4.99. The summed E-state index contributed by atoms with van der Waals surface area (Å²) in [7, 11) is 1.77. The van der Waals surface area contributed by atoms with Crippen LogP contribution in [0.2, 0.25) is 0 Å². The zero-order valence-corrected chi connectivity index (χ0v) is 14.3. The lowest BCUT2D eigenvalue weighted by Crippen LogP contribution is -2.35. The first kappa shape index (κ1) is 16.7. The number of amides is 1. The van der Waals surface area contributed by atoms with E-state index in [-0.39, 0.29) is 6.09 Å². The van der Waals surface area contributed by atoms with Crippen molar-refractivity contribution in [3.8, 4) is 0 Å². The molecule has 1 aromatic rings. The van der Waals surface area contributed by atoms with Crippen LogP contribution in [-0.4, -0.2) is 29.7 Å². The topological polar surface area (TPSA) is 41.6 Å². The van der Waals surface area contributed by atoms with Crippen LogP contribution in [0.25, 0.3) is 0 Å². The van der Waals surface area contributed by atoms with Gasteiger partial charge in [0.15, 0.2) is 0 Å². The second kappa shape index (κ2) is 6.59. The number of carbonyl (C=O) groups excluding carboxylic acids is 1. The fraction of sp³-hybridized carbons (Fsp3) is 0.611. The van der Waals surface area contributed by atoms with Gasteiger partial charge in [0.05, 0.1) is 6.54 Å².